The van der Waals surface area contributed by atoms with Gasteiger partial charge in [-0.15, -0.1) is 11.6 Å². The van der Waals surface area contributed by atoms with E-state index in [1.807, 2.05) is 12.1 Å². The highest BCUT2D eigenvalue weighted by atomic mass is 35.5. The molecule has 0 radical (unpaired) electrons. The third-order valence-electron chi connectivity index (χ3n) is 2.15. The Labute approximate surface area is 113 Å². The lowest BCUT2D eigenvalue weighted by molar-refractivity contribution is -0.116. The van der Waals surface area contributed by atoms with Gasteiger partial charge in [-0.25, -0.2) is 4.98 Å². The number of anilines is 1. The van der Waals surface area contributed by atoms with E-state index in [1.54, 1.807) is 6.07 Å². The first-order valence-corrected chi connectivity index (χ1v) is 6.84. The molecule has 0 aliphatic heterocycles. The van der Waals surface area contributed by atoms with Gasteiger partial charge in [0, 0.05) is 12.3 Å². The van der Waals surface area contributed by atoms with Crippen LogP contribution >= 0.6 is 34.5 Å². The van der Waals surface area contributed by atoms with E-state index < -0.39 is 0 Å². The Balaban J connectivity index is 2.14. The highest BCUT2D eigenvalue weighted by molar-refractivity contribution is 7.22. The van der Waals surface area contributed by atoms with Crippen molar-refractivity contribution in [3.63, 3.8) is 0 Å². The van der Waals surface area contributed by atoms with Gasteiger partial charge < -0.3 is 5.32 Å². The molecule has 0 atom stereocenters. The van der Waals surface area contributed by atoms with Gasteiger partial charge in [0.1, 0.15) is 5.52 Å². The number of fused-ring (bicyclic) bond motifs is 1. The minimum Gasteiger partial charge on any atom is -0.302 e. The molecule has 3 nitrogen and oxygen atoms in total. The number of para-hydroxylation sites is 1. The van der Waals surface area contributed by atoms with Crippen molar-refractivity contribution in [1.82, 2.24) is 4.98 Å². The largest absolute Gasteiger partial charge is 0.302 e. The number of hydrogen-bond acceptors (Lipinski definition) is 3. The Morgan fingerprint density at radius 3 is 3.00 bits per heavy atom. The molecule has 1 aromatic carbocycles. The van der Waals surface area contributed by atoms with Crippen LogP contribution in [0.5, 0.6) is 0 Å². The van der Waals surface area contributed by atoms with E-state index in [4.69, 9.17) is 23.2 Å². The van der Waals surface area contributed by atoms with Gasteiger partial charge in [-0.2, -0.15) is 0 Å². The van der Waals surface area contributed by atoms with Gasteiger partial charge in [0.2, 0.25) is 5.91 Å². The molecule has 0 aliphatic carbocycles. The van der Waals surface area contributed by atoms with Crippen molar-refractivity contribution in [3.8, 4) is 0 Å². The zero-order valence-corrected chi connectivity index (χ0v) is 11.2. The maximum Gasteiger partial charge on any atom is 0.226 e. The summed E-state index contributed by atoms with van der Waals surface area (Å²) in [5.74, 6) is 0.417. The number of amides is 1. The number of carbonyl (C=O) groups excluding carboxylic acids is 1. The molecule has 0 aliphatic rings. The molecule has 1 aromatic heterocycles. The molecule has 0 spiro atoms. The fourth-order valence-corrected chi connectivity index (χ4v) is 2.69. The summed E-state index contributed by atoms with van der Waals surface area (Å²) in [6, 6.07) is 5.57. The first kappa shape index (κ1) is 12.6. The number of halogens is 2. The molecule has 17 heavy (non-hydrogen) atoms. The second-order valence-electron chi connectivity index (χ2n) is 3.45. The maximum absolute atomic E-state index is 11.5. The van der Waals surface area contributed by atoms with Crippen LogP contribution in [0.15, 0.2) is 18.2 Å². The Bertz CT molecular complexity index is 541. The van der Waals surface area contributed by atoms with Crippen LogP contribution in [-0.4, -0.2) is 16.8 Å². The van der Waals surface area contributed by atoms with Crippen molar-refractivity contribution in [2.24, 2.45) is 0 Å². The zero-order valence-electron chi connectivity index (χ0n) is 8.87. The quantitative estimate of drug-likeness (QED) is 0.867. The second-order valence-corrected chi connectivity index (χ2v) is 5.26. The van der Waals surface area contributed by atoms with E-state index in [1.165, 1.54) is 11.3 Å². The molecule has 0 saturated heterocycles. The van der Waals surface area contributed by atoms with E-state index in [2.05, 4.69) is 10.3 Å². The maximum atomic E-state index is 11.5. The van der Waals surface area contributed by atoms with E-state index >= 15 is 0 Å². The summed E-state index contributed by atoms with van der Waals surface area (Å²) in [6.07, 6.45) is 1.08. The summed E-state index contributed by atoms with van der Waals surface area (Å²) in [5.41, 5.74) is 0.729. The summed E-state index contributed by atoms with van der Waals surface area (Å²) in [4.78, 5) is 15.8. The average molecular weight is 289 g/mol. The number of aromatic nitrogens is 1. The zero-order chi connectivity index (χ0) is 12.3. The number of thiazole rings is 1. The average Bonchev–Trinajstić information content (AvgIpc) is 2.70. The van der Waals surface area contributed by atoms with E-state index in [0.29, 0.717) is 28.9 Å². The predicted molar refractivity (Wildman–Crippen MR) is 73.2 cm³/mol. The number of alkyl halides is 1. The number of rotatable bonds is 4. The summed E-state index contributed by atoms with van der Waals surface area (Å²) in [5, 5.41) is 3.92. The summed E-state index contributed by atoms with van der Waals surface area (Å²) < 4.78 is 0.963. The third kappa shape index (κ3) is 3.09. The minimum absolute atomic E-state index is 0.0687. The molecule has 2 aromatic rings. The van der Waals surface area contributed by atoms with Crippen LogP contribution in [0.3, 0.4) is 0 Å². The van der Waals surface area contributed by atoms with Crippen molar-refractivity contribution in [1.29, 1.82) is 0 Å². The predicted octanol–water partition coefficient (Wildman–Crippen LogP) is 3.91. The number of nitrogens with zero attached hydrogens (tertiary/aromatic N) is 1. The van der Waals surface area contributed by atoms with Gasteiger partial charge in [0.05, 0.1) is 9.72 Å². The fourth-order valence-electron chi connectivity index (χ4n) is 1.38. The Morgan fingerprint density at radius 2 is 2.29 bits per heavy atom. The monoisotopic (exact) mass is 288 g/mol. The molecule has 90 valence electrons. The van der Waals surface area contributed by atoms with Crippen molar-refractivity contribution >= 4 is 55.8 Å². The number of nitrogens with one attached hydrogen (secondary N) is 1. The van der Waals surface area contributed by atoms with Crippen LogP contribution < -0.4 is 5.32 Å². The fraction of sp³-hybridized carbons (Fsp3) is 0.273. The standard InChI is InChI=1S/C11H10Cl2N2OS/c12-6-2-5-9(16)14-11-15-10-7(13)3-1-4-8(10)17-11/h1,3-4H,2,5-6H2,(H,14,15,16). The molecule has 0 fully saturated rings. The number of hydrogen-bond donors (Lipinski definition) is 1. The first-order valence-electron chi connectivity index (χ1n) is 5.11. The van der Waals surface area contributed by atoms with Crippen LogP contribution in [0.2, 0.25) is 5.02 Å². The number of benzene rings is 1. The lowest BCUT2D eigenvalue weighted by atomic mass is 10.3. The normalized spacial score (nSPS) is 10.7. The highest BCUT2D eigenvalue weighted by Crippen LogP contribution is 2.30. The van der Waals surface area contributed by atoms with Crippen LogP contribution in [0.25, 0.3) is 10.2 Å². The van der Waals surface area contributed by atoms with Crippen molar-refractivity contribution < 1.29 is 4.79 Å². The minimum atomic E-state index is -0.0687. The van der Waals surface area contributed by atoms with Gasteiger partial charge in [-0.05, 0) is 18.6 Å². The second kappa shape index (κ2) is 5.67. The van der Waals surface area contributed by atoms with Crippen molar-refractivity contribution in [2.75, 3.05) is 11.2 Å². The molecule has 1 N–H and O–H groups in total. The molecular formula is C11H10Cl2N2OS. The van der Waals surface area contributed by atoms with Gasteiger partial charge in [-0.1, -0.05) is 29.0 Å². The molecule has 0 unspecified atom stereocenters. The van der Waals surface area contributed by atoms with Crippen LogP contribution in [0.4, 0.5) is 5.13 Å². The highest BCUT2D eigenvalue weighted by Gasteiger charge is 2.09. The number of carbonyl (C=O) groups is 1. The van der Waals surface area contributed by atoms with Crippen molar-refractivity contribution in [2.45, 2.75) is 12.8 Å². The summed E-state index contributed by atoms with van der Waals surface area (Å²) >= 11 is 12.9. The van der Waals surface area contributed by atoms with Gasteiger partial charge in [0.15, 0.2) is 5.13 Å². The topological polar surface area (TPSA) is 42.0 Å². The smallest absolute Gasteiger partial charge is 0.226 e. The molecule has 2 rings (SSSR count). The van der Waals surface area contributed by atoms with Gasteiger partial charge >= 0.3 is 0 Å². The molecule has 1 heterocycles. The van der Waals surface area contributed by atoms with Crippen molar-refractivity contribution in [3.05, 3.63) is 23.2 Å². The van der Waals surface area contributed by atoms with E-state index in [-0.39, 0.29) is 5.91 Å². The van der Waals surface area contributed by atoms with Crippen LogP contribution in [0.1, 0.15) is 12.8 Å². The van der Waals surface area contributed by atoms with Gasteiger partial charge in [0.25, 0.3) is 0 Å². The molecule has 1 amide bonds. The SMILES string of the molecule is O=C(CCCCl)Nc1nc2c(Cl)cccc2s1. The lowest BCUT2D eigenvalue weighted by Gasteiger charge is -1.98. The molecule has 0 saturated carbocycles. The van der Waals surface area contributed by atoms with E-state index in [9.17, 15) is 4.79 Å². The Kier molecular flexibility index (Phi) is 4.20. The Hall–Kier alpha value is -0.840. The Morgan fingerprint density at radius 1 is 1.47 bits per heavy atom. The van der Waals surface area contributed by atoms with Crippen LogP contribution in [-0.2, 0) is 4.79 Å². The lowest BCUT2D eigenvalue weighted by Crippen LogP contribution is -2.10. The molecular weight excluding hydrogens is 279 g/mol. The van der Waals surface area contributed by atoms with Crippen LogP contribution in [0, 0.1) is 0 Å². The molecule has 6 heteroatoms. The summed E-state index contributed by atoms with van der Waals surface area (Å²) in [7, 11) is 0. The third-order valence-corrected chi connectivity index (χ3v) is 3.66. The van der Waals surface area contributed by atoms with E-state index in [0.717, 1.165) is 10.2 Å². The summed E-state index contributed by atoms with van der Waals surface area (Å²) in [6.45, 7) is 0. The first-order chi connectivity index (χ1) is 8.20. The molecule has 0 bridgehead atoms. The van der Waals surface area contributed by atoms with Gasteiger partial charge in [-0.3, -0.25) is 4.79 Å².